The van der Waals surface area contributed by atoms with Crippen LogP contribution in [0.4, 0.5) is 0 Å². The number of aliphatic carboxylic acids is 1. The highest BCUT2D eigenvalue weighted by molar-refractivity contribution is 5.70. The van der Waals surface area contributed by atoms with Crippen LogP contribution in [0.1, 0.15) is 37.7 Å². The van der Waals surface area contributed by atoms with Crippen molar-refractivity contribution in [2.75, 3.05) is 27.2 Å². The van der Waals surface area contributed by atoms with Gasteiger partial charge in [-0.05, 0) is 57.0 Å². The number of benzene rings is 1. The van der Waals surface area contributed by atoms with Gasteiger partial charge in [-0.2, -0.15) is 0 Å². The average Bonchev–Trinajstić information content (AvgIpc) is 3.27. The molecule has 2 fully saturated rings. The minimum Gasteiger partial charge on any atom is -0.493 e. The fourth-order valence-electron chi connectivity index (χ4n) is 3.50. The van der Waals surface area contributed by atoms with E-state index >= 15 is 0 Å². The van der Waals surface area contributed by atoms with E-state index in [4.69, 9.17) is 14.6 Å². The summed E-state index contributed by atoms with van der Waals surface area (Å²) < 4.78 is 11.6. The van der Waals surface area contributed by atoms with Crippen molar-refractivity contribution < 1.29 is 19.4 Å². The Hall–Kier alpha value is -1.75. The second-order valence-corrected chi connectivity index (χ2v) is 6.86. The lowest BCUT2D eigenvalue weighted by molar-refractivity contribution is -0.137. The second-order valence-electron chi connectivity index (χ2n) is 6.86. The molecule has 1 unspecified atom stereocenters. The quantitative estimate of drug-likeness (QED) is 0.873. The molecule has 3 rings (SSSR count). The number of piperidine rings is 1. The molecule has 1 aromatic rings. The third-order valence-electron chi connectivity index (χ3n) is 4.99. The molecule has 0 bridgehead atoms. The molecule has 126 valence electrons. The molecule has 0 radical (unpaired) electrons. The van der Waals surface area contributed by atoms with Crippen molar-refractivity contribution in [2.24, 2.45) is 0 Å². The second kappa shape index (κ2) is 6.40. The SMILES string of the molecule is COc1ccc(C2(CC(=O)O)CC2)cc1OC1CCCN(C)C1. The third-order valence-corrected chi connectivity index (χ3v) is 4.99. The van der Waals surface area contributed by atoms with Crippen LogP contribution in [0.25, 0.3) is 0 Å². The first-order valence-corrected chi connectivity index (χ1v) is 8.28. The first-order valence-electron chi connectivity index (χ1n) is 8.28. The average molecular weight is 319 g/mol. The summed E-state index contributed by atoms with van der Waals surface area (Å²) in [5, 5.41) is 9.15. The van der Waals surface area contributed by atoms with Crippen LogP contribution >= 0.6 is 0 Å². The fraction of sp³-hybridized carbons (Fsp3) is 0.611. The van der Waals surface area contributed by atoms with Gasteiger partial charge in [0.15, 0.2) is 11.5 Å². The van der Waals surface area contributed by atoms with Gasteiger partial charge in [-0.3, -0.25) is 4.79 Å². The van der Waals surface area contributed by atoms with Crippen LogP contribution in [0.5, 0.6) is 11.5 Å². The van der Waals surface area contributed by atoms with E-state index in [0.29, 0.717) is 5.75 Å². The summed E-state index contributed by atoms with van der Waals surface area (Å²) in [6.07, 6.45) is 4.37. The van der Waals surface area contributed by atoms with Crippen molar-refractivity contribution in [3.05, 3.63) is 23.8 Å². The zero-order valence-electron chi connectivity index (χ0n) is 13.9. The Morgan fingerprint density at radius 1 is 1.39 bits per heavy atom. The molecule has 1 aliphatic carbocycles. The molecule has 0 amide bonds. The standard InChI is InChI=1S/C18H25NO4/c1-19-9-3-4-14(12-19)23-16-10-13(5-6-15(16)22-2)18(7-8-18)11-17(20)21/h5-6,10,14H,3-4,7-9,11-12H2,1-2H3,(H,20,21). The zero-order chi connectivity index (χ0) is 16.4. The van der Waals surface area contributed by atoms with E-state index in [-0.39, 0.29) is 17.9 Å². The van der Waals surface area contributed by atoms with Crippen LogP contribution in [0.3, 0.4) is 0 Å². The molecule has 1 N–H and O–H groups in total. The molecular weight excluding hydrogens is 294 g/mol. The zero-order valence-corrected chi connectivity index (χ0v) is 13.9. The van der Waals surface area contributed by atoms with Gasteiger partial charge in [0.05, 0.1) is 13.5 Å². The fourth-order valence-corrected chi connectivity index (χ4v) is 3.50. The highest BCUT2D eigenvalue weighted by Crippen LogP contribution is 2.52. The molecule has 2 aliphatic rings. The Balaban J connectivity index is 1.81. The highest BCUT2D eigenvalue weighted by Gasteiger charge is 2.46. The molecule has 1 aromatic carbocycles. The van der Waals surface area contributed by atoms with Crippen LogP contribution in [0.15, 0.2) is 18.2 Å². The third kappa shape index (κ3) is 3.61. The smallest absolute Gasteiger partial charge is 0.304 e. The van der Waals surface area contributed by atoms with E-state index in [1.165, 1.54) is 0 Å². The summed E-state index contributed by atoms with van der Waals surface area (Å²) in [5.41, 5.74) is 0.847. The van der Waals surface area contributed by atoms with Gasteiger partial charge in [-0.15, -0.1) is 0 Å². The minimum atomic E-state index is -0.741. The van der Waals surface area contributed by atoms with Crippen molar-refractivity contribution in [2.45, 2.75) is 43.6 Å². The molecular formula is C18H25NO4. The Kier molecular flexibility index (Phi) is 4.48. The van der Waals surface area contributed by atoms with Gasteiger partial charge in [0, 0.05) is 12.0 Å². The summed E-state index contributed by atoms with van der Waals surface area (Å²) in [4.78, 5) is 13.4. The monoisotopic (exact) mass is 319 g/mol. The van der Waals surface area contributed by atoms with E-state index in [2.05, 4.69) is 11.9 Å². The lowest BCUT2D eigenvalue weighted by Gasteiger charge is -2.30. The predicted molar refractivity (Wildman–Crippen MR) is 87.3 cm³/mol. The number of hydrogen-bond donors (Lipinski definition) is 1. The van der Waals surface area contributed by atoms with Gasteiger partial charge in [0.1, 0.15) is 6.10 Å². The van der Waals surface area contributed by atoms with Crippen LogP contribution in [-0.4, -0.2) is 49.3 Å². The minimum absolute atomic E-state index is 0.160. The molecule has 1 saturated heterocycles. The van der Waals surface area contributed by atoms with Crippen LogP contribution < -0.4 is 9.47 Å². The molecule has 0 aromatic heterocycles. The number of carboxylic acid groups (broad SMARTS) is 1. The van der Waals surface area contributed by atoms with Crippen molar-refractivity contribution in [3.63, 3.8) is 0 Å². The van der Waals surface area contributed by atoms with E-state index in [1.54, 1.807) is 7.11 Å². The largest absolute Gasteiger partial charge is 0.493 e. The molecule has 5 nitrogen and oxygen atoms in total. The number of nitrogens with zero attached hydrogens (tertiary/aromatic N) is 1. The van der Waals surface area contributed by atoms with Crippen LogP contribution in [0.2, 0.25) is 0 Å². The maximum Gasteiger partial charge on any atom is 0.304 e. The number of ether oxygens (including phenoxy) is 2. The lowest BCUT2D eigenvalue weighted by atomic mass is 9.92. The predicted octanol–water partition coefficient (Wildman–Crippen LogP) is 2.67. The number of likely N-dealkylation sites (tertiary alicyclic amines) is 1. The molecule has 1 aliphatic heterocycles. The van der Waals surface area contributed by atoms with Gasteiger partial charge in [0.2, 0.25) is 0 Å². The number of carbonyl (C=O) groups is 1. The number of methoxy groups -OCH3 is 1. The van der Waals surface area contributed by atoms with Crippen molar-refractivity contribution in [1.29, 1.82) is 0 Å². The first kappa shape index (κ1) is 16.1. The number of rotatable bonds is 6. The van der Waals surface area contributed by atoms with Gasteiger partial charge in [0.25, 0.3) is 0 Å². The van der Waals surface area contributed by atoms with Gasteiger partial charge in [-0.1, -0.05) is 6.07 Å². The molecule has 1 saturated carbocycles. The summed E-state index contributed by atoms with van der Waals surface area (Å²) >= 11 is 0. The van der Waals surface area contributed by atoms with Crippen LogP contribution in [0, 0.1) is 0 Å². The number of hydrogen-bond acceptors (Lipinski definition) is 4. The van der Waals surface area contributed by atoms with E-state index < -0.39 is 5.97 Å². The lowest BCUT2D eigenvalue weighted by Crippen LogP contribution is -2.38. The van der Waals surface area contributed by atoms with E-state index in [1.807, 2.05) is 18.2 Å². The maximum absolute atomic E-state index is 11.1. The van der Waals surface area contributed by atoms with E-state index in [9.17, 15) is 4.79 Å². The topological polar surface area (TPSA) is 59.0 Å². The van der Waals surface area contributed by atoms with Crippen molar-refractivity contribution in [3.8, 4) is 11.5 Å². The number of likely N-dealkylation sites (N-methyl/N-ethyl adjacent to an activating group) is 1. The molecule has 0 spiro atoms. The summed E-state index contributed by atoms with van der Waals surface area (Å²) in [5.74, 6) is 0.713. The Bertz CT molecular complexity index is 582. The normalized spacial score (nSPS) is 23.3. The maximum atomic E-state index is 11.1. The van der Waals surface area contributed by atoms with E-state index in [0.717, 1.165) is 50.1 Å². The Morgan fingerprint density at radius 2 is 2.17 bits per heavy atom. The Labute approximate surface area is 137 Å². The molecule has 1 atom stereocenters. The summed E-state index contributed by atoms with van der Waals surface area (Å²) in [7, 11) is 3.74. The summed E-state index contributed by atoms with van der Waals surface area (Å²) in [6, 6.07) is 5.87. The van der Waals surface area contributed by atoms with Gasteiger partial charge < -0.3 is 19.5 Å². The highest BCUT2D eigenvalue weighted by atomic mass is 16.5. The summed E-state index contributed by atoms with van der Waals surface area (Å²) in [6.45, 7) is 2.02. The van der Waals surface area contributed by atoms with Crippen molar-refractivity contribution >= 4 is 5.97 Å². The van der Waals surface area contributed by atoms with Gasteiger partial charge in [-0.25, -0.2) is 0 Å². The number of carboxylic acids is 1. The van der Waals surface area contributed by atoms with Crippen molar-refractivity contribution in [1.82, 2.24) is 4.90 Å². The van der Waals surface area contributed by atoms with Crippen LogP contribution in [-0.2, 0) is 10.2 Å². The molecule has 23 heavy (non-hydrogen) atoms. The molecule has 5 heteroatoms. The first-order chi connectivity index (χ1) is 11.0. The molecule has 1 heterocycles. The Morgan fingerprint density at radius 3 is 2.78 bits per heavy atom. The van der Waals surface area contributed by atoms with Gasteiger partial charge >= 0.3 is 5.97 Å².